The summed E-state index contributed by atoms with van der Waals surface area (Å²) in [5.74, 6) is -1.66. The molecule has 0 amide bonds. The minimum atomic E-state index is -0.825. The molecule has 1 fully saturated rings. The second-order valence-electron chi connectivity index (χ2n) is 3.96. The summed E-state index contributed by atoms with van der Waals surface area (Å²) in [6.45, 7) is 0. The first-order chi connectivity index (χ1) is 7.03. The summed E-state index contributed by atoms with van der Waals surface area (Å²) in [5, 5.41) is 0. The first-order valence-corrected chi connectivity index (χ1v) is 4.78. The first-order valence-electron chi connectivity index (χ1n) is 4.78. The molecule has 15 heavy (non-hydrogen) atoms. The molecule has 0 atom stereocenters. The largest absolute Gasteiger partial charge is 0.319 e. The van der Waals surface area contributed by atoms with Crippen molar-refractivity contribution in [1.29, 1.82) is 0 Å². The number of hydrogen-bond acceptors (Lipinski definition) is 2. The highest BCUT2D eigenvalue weighted by molar-refractivity contribution is 5.92. The van der Waals surface area contributed by atoms with E-state index in [0.29, 0.717) is 12.8 Å². The quantitative estimate of drug-likeness (QED) is 0.824. The summed E-state index contributed by atoms with van der Waals surface area (Å²) < 4.78 is 26.4. The smallest absolute Gasteiger partial charge is 0.157 e. The number of nitrogens with two attached hydrogens (primary N) is 1. The summed E-state index contributed by atoms with van der Waals surface area (Å²) in [5.41, 5.74) is 4.64. The Morgan fingerprint density at radius 3 is 2.33 bits per heavy atom. The lowest BCUT2D eigenvalue weighted by Gasteiger charge is -2.08. The van der Waals surface area contributed by atoms with E-state index in [1.54, 1.807) is 0 Å². The van der Waals surface area contributed by atoms with Crippen LogP contribution in [-0.4, -0.2) is 11.3 Å². The van der Waals surface area contributed by atoms with Crippen molar-refractivity contribution >= 4 is 5.78 Å². The van der Waals surface area contributed by atoms with E-state index in [2.05, 4.69) is 0 Å². The zero-order valence-electron chi connectivity index (χ0n) is 8.09. The van der Waals surface area contributed by atoms with Gasteiger partial charge in [-0.25, -0.2) is 8.78 Å². The third kappa shape index (κ3) is 1.90. The Kier molecular flexibility index (Phi) is 2.31. The monoisotopic (exact) mass is 211 g/mol. The Hall–Kier alpha value is -1.29. The highest BCUT2D eigenvalue weighted by atomic mass is 19.1. The molecular weight excluding hydrogens is 200 g/mol. The van der Waals surface area contributed by atoms with Crippen molar-refractivity contribution in [3.05, 3.63) is 35.4 Å². The molecule has 1 aliphatic rings. The minimum absolute atomic E-state index is 0.181. The maximum absolute atomic E-state index is 13.2. The average Bonchev–Trinajstić information content (AvgIpc) is 2.91. The van der Waals surface area contributed by atoms with Crippen LogP contribution in [0, 0.1) is 11.6 Å². The molecule has 80 valence electrons. The van der Waals surface area contributed by atoms with Crippen LogP contribution in [0.2, 0.25) is 0 Å². The van der Waals surface area contributed by atoms with Gasteiger partial charge in [-0.15, -0.1) is 0 Å². The van der Waals surface area contributed by atoms with Crippen molar-refractivity contribution in [2.24, 2.45) is 5.73 Å². The van der Waals surface area contributed by atoms with Gasteiger partial charge in [-0.2, -0.15) is 0 Å². The fourth-order valence-electron chi connectivity index (χ4n) is 1.45. The number of ketones is 1. The van der Waals surface area contributed by atoms with Gasteiger partial charge in [-0.1, -0.05) is 6.07 Å². The van der Waals surface area contributed by atoms with Gasteiger partial charge in [0.05, 0.1) is 5.54 Å². The predicted octanol–water partition coefficient (Wildman–Crippen LogP) is 1.57. The summed E-state index contributed by atoms with van der Waals surface area (Å²) in [7, 11) is 0. The van der Waals surface area contributed by atoms with Crippen LogP contribution in [0.3, 0.4) is 0 Å². The highest BCUT2D eigenvalue weighted by Gasteiger charge is 2.45. The van der Waals surface area contributed by atoms with E-state index in [4.69, 9.17) is 5.73 Å². The topological polar surface area (TPSA) is 43.1 Å². The van der Waals surface area contributed by atoms with Gasteiger partial charge in [-0.3, -0.25) is 4.79 Å². The van der Waals surface area contributed by atoms with E-state index in [-0.39, 0.29) is 17.8 Å². The lowest BCUT2D eigenvalue weighted by Crippen LogP contribution is -2.34. The molecule has 0 heterocycles. The Morgan fingerprint density at radius 2 is 1.87 bits per heavy atom. The molecule has 0 radical (unpaired) electrons. The number of benzene rings is 1. The molecule has 1 saturated carbocycles. The van der Waals surface area contributed by atoms with Crippen molar-refractivity contribution in [2.45, 2.75) is 24.8 Å². The molecule has 0 bridgehead atoms. The number of carbonyl (C=O) groups excluding carboxylic acids is 1. The van der Waals surface area contributed by atoms with Crippen LogP contribution < -0.4 is 5.73 Å². The summed E-state index contributed by atoms with van der Waals surface area (Å²) >= 11 is 0. The number of Topliss-reactive ketones (excluding diaryl/α,β-unsaturated/α-hetero) is 1. The summed E-state index contributed by atoms with van der Waals surface area (Å²) in [4.78, 5) is 11.5. The van der Waals surface area contributed by atoms with Crippen molar-refractivity contribution in [3.8, 4) is 0 Å². The Bertz CT molecular complexity index is 393. The molecule has 0 saturated heterocycles. The number of hydrogen-bond donors (Lipinski definition) is 1. The van der Waals surface area contributed by atoms with Crippen molar-refractivity contribution in [1.82, 2.24) is 0 Å². The second-order valence-corrected chi connectivity index (χ2v) is 3.96. The molecule has 2 rings (SSSR count). The van der Waals surface area contributed by atoms with Gasteiger partial charge < -0.3 is 5.73 Å². The molecule has 1 aliphatic carbocycles. The number of carbonyl (C=O) groups is 1. The maximum Gasteiger partial charge on any atom is 0.157 e. The summed E-state index contributed by atoms with van der Waals surface area (Å²) in [6, 6.07) is 3.55. The molecule has 1 aromatic carbocycles. The number of halogens is 2. The SMILES string of the molecule is NC1(C(=O)Cc2c(F)cccc2F)CC1. The van der Waals surface area contributed by atoms with E-state index >= 15 is 0 Å². The van der Waals surface area contributed by atoms with Crippen LogP contribution in [0.15, 0.2) is 18.2 Å². The Balaban J connectivity index is 2.20. The van der Waals surface area contributed by atoms with Crippen LogP contribution in [-0.2, 0) is 11.2 Å². The molecule has 1 aromatic rings. The molecule has 4 heteroatoms. The van der Waals surface area contributed by atoms with Crippen LogP contribution in [0.1, 0.15) is 18.4 Å². The first kappa shape index (κ1) is 10.2. The normalized spacial score (nSPS) is 17.5. The van der Waals surface area contributed by atoms with E-state index < -0.39 is 17.2 Å². The average molecular weight is 211 g/mol. The third-order valence-electron chi connectivity index (χ3n) is 2.74. The van der Waals surface area contributed by atoms with Crippen LogP contribution in [0.4, 0.5) is 8.78 Å². The van der Waals surface area contributed by atoms with Gasteiger partial charge in [0.2, 0.25) is 0 Å². The fourth-order valence-corrected chi connectivity index (χ4v) is 1.45. The van der Waals surface area contributed by atoms with Gasteiger partial charge in [0, 0.05) is 12.0 Å². The van der Waals surface area contributed by atoms with Crippen LogP contribution in [0.5, 0.6) is 0 Å². The molecule has 0 aliphatic heterocycles. The molecule has 2 N–H and O–H groups in total. The molecule has 0 unspecified atom stereocenters. The Morgan fingerprint density at radius 1 is 1.33 bits per heavy atom. The summed E-state index contributed by atoms with van der Waals surface area (Å²) in [6.07, 6.45) is 0.971. The van der Waals surface area contributed by atoms with Crippen LogP contribution >= 0.6 is 0 Å². The van der Waals surface area contributed by atoms with Crippen molar-refractivity contribution in [2.75, 3.05) is 0 Å². The third-order valence-corrected chi connectivity index (χ3v) is 2.74. The molecule has 0 spiro atoms. The zero-order valence-corrected chi connectivity index (χ0v) is 8.09. The second kappa shape index (κ2) is 3.38. The minimum Gasteiger partial charge on any atom is -0.319 e. The van der Waals surface area contributed by atoms with Gasteiger partial charge in [0.15, 0.2) is 5.78 Å². The fraction of sp³-hybridized carbons (Fsp3) is 0.364. The lowest BCUT2D eigenvalue weighted by atomic mass is 10.0. The van der Waals surface area contributed by atoms with E-state index in [0.717, 1.165) is 12.1 Å². The van der Waals surface area contributed by atoms with Crippen molar-refractivity contribution < 1.29 is 13.6 Å². The highest BCUT2D eigenvalue weighted by Crippen LogP contribution is 2.34. The molecule has 0 aromatic heterocycles. The van der Waals surface area contributed by atoms with Gasteiger partial charge in [0.1, 0.15) is 11.6 Å². The van der Waals surface area contributed by atoms with E-state index in [1.807, 2.05) is 0 Å². The van der Waals surface area contributed by atoms with E-state index in [1.165, 1.54) is 6.07 Å². The van der Waals surface area contributed by atoms with Gasteiger partial charge >= 0.3 is 0 Å². The molecule has 2 nitrogen and oxygen atoms in total. The zero-order chi connectivity index (χ0) is 11.1. The Labute approximate surface area is 86.1 Å². The molecular formula is C11H11F2NO. The predicted molar refractivity (Wildman–Crippen MR) is 51.2 cm³/mol. The van der Waals surface area contributed by atoms with Gasteiger partial charge in [0.25, 0.3) is 0 Å². The van der Waals surface area contributed by atoms with Gasteiger partial charge in [-0.05, 0) is 25.0 Å². The maximum atomic E-state index is 13.2. The lowest BCUT2D eigenvalue weighted by molar-refractivity contribution is -0.120. The standard InChI is InChI=1S/C11H11F2NO/c12-8-2-1-3-9(13)7(8)6-10(15)11(14)4-5-11/h1-3H,4-6,14H2. The number of rotatable bonds is 3. The van der Waals surface area contributed by atoms with Crippen molar-refractivity contribution in [3.63, 3.8) is 0 Å². The van der Waals surface area contributed by atoms with E-state index in [9.17, 15) is 13.6 Å². The van der Waals surface area contributed by atoms with Crippen LogP contribution in [0.25, 0.3) is 0 Å².